The molecule has 0 N–H and O–H groups in total. The Labute approximate surface area is 82.9 Å². The van der Waals surface area contributed by atoms with Crippen LogP contribution >= 0.6 is 0 Å². The highest BCUT2D eigenvalue weighted by atomic mass is 16.7. The maximum atomic E-state index is 5.27. The van der Waals surface area contributed by atoms with E-state index in [-0.39, 0.29) is 6.79 Å². The molecule has 3 nitrogen and oxygen atoms in total. The highest BCUT2D eigenvalue weighted by Crippen LogP contribution is 2.38. The third kappa shape index (κ3) is 1.41. The average molecular weight is 192 g/mol. The Morgan fingerprint density at radius 3 is 2.64 bits per heavy atom. The molecule has 0 aliphatic carbocycles. The van der Waals surface area contributed by atoms with Crippen LogP contribution in [0.25, 0.3) is 6.08 Å². The Balaban J connectivity index is 2.48. The van der Waals surface area contributed by atoms with Crippen LogP contribution in [-0.2, 0) is 0 Å². The zero-order chi connectivity index (χ0) is 9.97. The van der Waals surface area contributed by atoms with Crippen LogP contribution in [0.2, 0.25) is 0 Å². The van der Waals surface area contributed by atoms with Crippen molar-refractivity contribution in [2.24, 2.45) is 0 Å². The molecule has 0 unspecified atom stereocenters. The molecule has 0 bridgehead atoms. The maximum Gasteiger partial charge on any atom is 0.231 e. The molecule has 1 aromatic rings. The van der Waals surface area contributed by atoms with Gasteiger partial charge in [0, 0.05) is 11.6 Å². The smallest absolute Gasteiger partial charge is 0.231 e. The average Bonchev–Trinajstić information content (AvgIpc) is 2.64. The van der Waals surface area contributed by atoms with Crippen LogP contribution in [0, 0.1) is 0 Å². The van der Waals surface area contributed by atoms with Crippen molar-refractivity contribution in [1.29, 1.82) is 0 Å². The number of allylic oxidation sites excluding steroid dienone is 1. The summed E-state index contributed by atoms with van der Waals surface area (Å²) >= 11 is 0. The molecule has 2 rings (SSSR count). The quantitative estimate of drug-likeness (QED) is 0.720. The van der Waals surface area contributed by atoms with Crippen LogP contribution in [0.3, 0.4) is 0 Å². The van der Waals surface area contributed by atoms with Gasteiger partial charge in [-0.15, -0.1) is 0 Å². The molecule has 74 valence electrons. The van der Waals surface area contributed by atoms with Crippen LogP contribution in [-0.4, -0.2) is 13.9 Å². The van der Waals surface area contributed by atoms with Crippen molar-refractivity contribution in [3.63, 3.8) is 0 Å². The normalized spacial score (nSPS) is 13.6. The second kappa shape index (κ2) is 3.62. The number of hydrogen-bond donors (Lipinski definition) is 0. The minimum atomic E-state index is 0.289. The largest absolute Gasteiger partial charge is 0.496 e. The molecule has 0 radical (unpaired) electrons. The zero-order valence-electron chi connectivity index (χ0n) is 8.24. The molecule has 0 atom stereocenters. The predicted octanol–water partition coefficient (Wildman–Crippen LogP) is 2.46. The number of rotatable bonds is 2. The summed E-state index contributed by atoms with van der Waals surface area (Å²) in [5, 5.41) is 0. The molecule has 0 saturated heterocycles. The summed E-state index contributed by atoms with van der Waals surface area (Å²) in [5.41, 5.74) is 0.999. The van der Waals surface area contributed by atoms with Gasteiger partial charge in [0.1, 0.15) is 5.75 Å². The first-order valence-corrected chi connectivity index (χ1v) is 4.45. The molecule has 14 heavy (non-hydrogen) atoms. The van der Waals surface area contributed by atoms with Gasteiger partial charge in [-0.2, -0.15) is 0 Å². The topological polar surface area (TPSA) is 27.7 Å². The third-order valence-corrected chi connectivity index (χ3v) is 2.07. The summed E-state index contributed by atoms with van der Waals surface area (Å²) < 4.78 is 15.8. The molecule has 0 aromatic heterocycles. The van der Waals surface area contributed by atoms with E-state index in [1.165, 1.54) is 0 Å². The van der Waals surface area contributed by atoms with Gasteiger partial charge < -0.3 is 14.2 Å². The number of fused-ring (bicyclic) bond motifs is 1. The van der Waals surface area contributed by atoms with E-state index in [1.54, 1.807) is 7.11 Å². The standard InChI is InChI=1S/C11H12O3/c1-3-4-8-5-10-11(14-7-13-10)6-9(8)12-2/h3-6H,7H2,1-2H3/b4-3+. The Morgan fingerprint density at radius 1 is 1.29 bits per heavy atom. The van der Waals surface area contributed by atoms with Crippen molar-refractivity contribution in [1.82, 2.24) is 0 Å². The third-order valence-electron chi connectivity index (χ3n) is 2.07. The number of benzene rings is 1. The van der Waals surface area contributed by atoms with Gasteiger partial charge >= 0.3 is 0 Å². The first-order valence-electron chi connectivity index (χ1n) is 4.45. The lowest BCUT2D eigenvalue weighted by Gasteiger charge is -2.05. The van der Waals surface area contributed by atoms with Crippen LogP contribution < -0.4 is 14.2 Å². The van der Waals surface area contributed by atoms with E-state index < -0.39 is 0 Å². The molecular weight excluding hydrogens is 180 g/mol. The molecular formula is C11H12O3. The highest BCUT2D eigenvalue weighted by Gasteiger charge is 2.16. The predicted molar refractivity (Wildman–Crippen MR) is 53.8 cm³/mol. The van der Waals surface area contributed by atoms with Crippen LogP contribution in [0.5, 0.6) is 17.2 Å². The highest BCUT2D eigenvalue weighted by molar-refractivity contribution is 5.63. The van der Waals surface area contributed by atoms with Gasteiger partial charge in [0.25, 0.3) is 0 Å². The number of methoxy groups -OCH3 is 1. The molecule has 0 spiro atoms. The van der Waals surface area contributed by atoms with Crippen LogP contribution in [0.4, 0.5) is 0 Å². The van der Waals surface area contributed by atoms with Gasteiger partial charge in [0.05, 0.1) is 7.11 Å². The Hall–Kier alpha value is -1.64. The SMILES string of the molecule is C/C=C/c1cc2c(cc1OC)OCO2. The van der Waals surface area contributed by atoms with Crippen molar-refractivity contribution >= 4 is 6.08 Å². The van der Waals surface area contributed by atoms with Gasteiger partial charge in [-0.05, 0) is 13.0 Å². The van der Waals surface area contributed by atoms with Gasteiger partial charge in [-0.25, -0.2) is 0 Å². The van der Waals surface area contributed by atoms with E-state index >= 15 is 0 Å². The number of hydrogen-bond acceptors (Lipinski definition) is 3. The van der Waals surface area contributed by atoms with Crippen molar-refractivity contribution < 1.29 is 14.2 Å². The second-order valence-corrected chi connectivity index (χ2v) is 2.95. The fraction of sp³-hybridized carbons (Fsp3) is 0.273. The molecule has 0 saturated carbocycles. The fourth-order valence-corrected chi connectivity index (χ4v) is 1.43. The van der Waals surface area contributed by atoms with Gasteiger partial charge in [-0.1, -0.05) is 12.2 Å². The second-order valence-electron chi connectivity index (χ2n) is 2.95. The molecule has 3 heteroatoms. The summed E-state index contributed by atoms with van der Waals surface area (Å²) in [5.74, 6) is 2.32. The lowest BCUT2D eigenvalue weighted by atomic mass is 10.1. The Bertz CT molecular complexity index is 369. The summed E-state index contributed by atoms with van der Waals surface area (Å²) in [4.78, 5) is 0. The first kappa shape index (κ1) is 8.94. The number of ether oxygens (including phenoxy) is 3. The van der Waals surface area contributed by atoms with Crippen LogP contribution in [0.1, 0.15) is 12.5 Å². The monoisotopic (exact) mass is 192 g/mol. The minimum Gasteiger partial charge on any atom is -0.496 e. The van der Waals surface area contributed by atoms with Crippen molar-refractivity contribution in [2.75, 3.05) is 13.9 Å². The molecule has 1 aliphatic rings. The maximum absolute atomic E-state index is 5.27. The van der Waals surface area contributed by atoms with E-state index in [1.807, 2.05) is 31.2 Å². The van der Waals surface area contributed by atoms with Gasteiger partial charge in [0.2, 0.25) is 6.79 Å². The summed E-state index contributed by atoms with van der Waals surface area (Å²) in [6.45, 7) is 2.25. The fourth-order valence-electron chi connectivity index (χ4n) is 1.43. The van der Waals surface area contributed by atoms with E-state index in [4.69, 9.17) is 14.2 Å². The first-order chi connectivity index (χ1) is 6.85. The summed E-state index contributed by atoms with van der Waals surface area (Å²) in [7, 11) is 1.64. The van der Waals surface area contributed by atoms with Gasteiger partial charge in [0.15, 0.2) is 11.5 Å². The van der Waals surface area contributed by atoms with E-state index in [0.717, 1.165) is 22.8 Å². The molecule has 1 aliphatic heterocycles. The lowest BCUT2D eigenvalue weighted by Crippen LogP contribution is -1.92. The van der Waals surface area contributed by atoms with E-state index in [2.05, 4.69) is 0 Å². The lowest BCUT2D eigenvalue weighted by molar-refractivity contribution is 0.174. The van der Waals surface area contributed by atoms with E-state index in [0.29, 0.717) is 0 Å². The van der Waals surface area contributed by atoms with Crippen molar-refractivity contribution in [3.8, 4) is 17.2 Å². The zero-order valence-corrected chi connectivity index (χ0v) is 8.24. The Morgan fingerprint density at radius 2 is 2.00 bits per heavy atom. The van der Waals surface area contributed by atoms with Crippen molar-refractivity contribution in [3.05, 3.63) is 23.8 Å². The van der Waals surface area contributed by atoms with Gasteiger partial charge in [-0.3, -0.25) is 0 Å². The van der Waals surface area contributed by atoms with Crippen molar-refractivity contribution in [2.45, 2.75) is 6.92 Å². The summed E-state index contributed by atoms with van der Waals surface area (Å²) in [6, 6.07) is 3.76. The molecule has 1 aromatic carbocycles. The molecule has 0 amide bonds. The van der Waals surface area contributed by atoms with Crippen LogP contribution in [0.15, 0.2) is 18.2 Å². The Kier molecular flexibility index (Phi) is 2.31. The molecule has 0 fully saturated rings. The minimum absolute atomic E-state index is 0.289. The molecule has 1 heterocycles. The summed E-state index contributed by atoms with van der Waals surface area (Å²) in [6.07, 6.45) is 3.93. The van der Waals surface area contributed by atoms with E-state index in [9.17, 15) is 0 Å².